The molecule has 0 bridgehead atoms. The minimum atomic E-state index is -0.202. The number of rotatable bonds is 4. The lowest BCUT2D eigenvalue weighted by molar-refractivity contribution is 0.574. The maximum absolute atomic E-state index is 12.7. The summed E-state index contributed by atoms with van der Waals surface area (Å²) in [4.78, 5) is 0. The third-order valence-corrected chi connectivity index (χ3v) is 3.72. The summed E-state index contributed by atoms with van der Waals surface area (Å²) in [6, 6.07) is 8.73. The Labute approximate surface area is 109 Å². The third-order valence-electron chi connectivity index (χ3n) is 2.61. The molecule has 0 radical (unpaired) electrons. The van der Waals surface area contributed by atoms with Gasteiger partial charge in [0, 0.05) is 12.6 Å². The number of hydrogen-bond donors (Lipinski definition) is 1. The van der Waals surface area contributed by atoms with E-state index in [-0.39, 0.29) is 11.9 Å². The molecule has 0 fully saturated rings. The monoisotopic (exact) mass is 269 g/mol. The van der Waals surface area contributed by atoms with Crippen LogP contribution in [0.1, 0.15) is 24.1 Å². The van der Waals surface area contributed by atoms with E-state index in [1.165, 1.54) is 29.0 Å². The molecule has 2 aromatic rings. The van der Waals surface area contributed by atoms with Crippen molar-refractivity contribution in [3.05, 3.63) is 57.0 Å². The van der Waals surface area contributed by atoms with Crippen molar-refractivity contribution in [1.29, 1.82) is 0 Å². The standard InChI is InChI=1S/C13H13ClFNS/c1-9(11-6-13(14)17-8-11)16-7-10-2-4-12(15)5-3-10/h2-6,8-9,16H,7H2,1H3. The Morgan fingerprint density at radius 3 is 2.65 bits per heavy atom. The van der Waals surface area contributed by atoms with Gasteiger partial charge in [0.15, 0.2) is 0 Å². The van der Waals surface area contributed by atoms with Gasteiger partial charge in [-0.05, 0) is 41.6 Å². The Balaban J connectivity index is 1.92. The predicted octanol–water partition coefficient (Wildman–Crippen LogP) is 4.39. The Bertz CT molecular complexity index is 480. The SMILES string of the molecule is CC(NCc1ccc(F)cc1)c1csc(Cl)c1. The molecule has 1 heterocycles. The lowest BCUT2D eigenvalue weighted by atomic mass is 10.1. The molecule has 1 atom stereocenters. The van der Waals surface area contributed by atoms with Crippen LogP contribution in [0.15, 0.2) is 35.7 Å². The highest BCUT2D eigenvalue weighted by Crippen LogP contribution is 2.24. The number of nitrogens with one attached hydrogen (secondary N) is 1. The van der Waals surface area contributed by atoms with Crippen LogP contribution in [0.4, 0.5) is 4.39 Å². The molecule has 0 aliphatic rings. The second kappa shape index (κ2) is 5.63. The highest BCUT2D eigenvalue weighted by atomic mass is 35.5. The van der Waals surface area contributed by atoms with Crippen LogP contribution in [0, 0.1) is 5.82 Å². The number of thiophene rings is 1. The summed E-state index contributed by atoms with van der Waals surface area (Å²) in [5.74, 6) is -0.202. The van der Waals surface area contributed by atoms with Crippen LogP contribution in [-0.2, 0) is 6.54 Å². The van der Waals surface area contributed by atoms with Crippen molar-refractivity contribution in [2.45, 2.75) is 19.5 Å². The Kier molecular flexibility index (Phi) is 4.15. The van der Waals surface area contributed by atoms with Crippen LogP contribution in [0.25, 0.3) is 0 Å². The normalized spacial score (nSPS) is 12.6. The quantitative estimate of drug-likeness (QED) is 0.868. The predicted molar refractivity (Wildman–Crippen MR) is 71.0 cm³/mol. The zero-order chi connectivity index (χ0) is 12.3. The molecule has 0 saturated heterocycles. The highest BCUT2D eigenvalue weighted by molar-refractivity contribution is 7.14. The fourth-order valence-corrected chi connectivity index (χ4v) is 2.53. The van der Waals surface area contributed by atoms with Gasteiger partial charge in [0.2, 0.25) is 0 Å². The van der Waals surface area contributed by atoms with Crippen molar-refractivity contribution >= 4 is 22.9 Å². The van der Waals surface area contributed by atoms with Crippen LogP contribution in [-0.4, -0.2) is 0 Å². The summed E-state index contributed by atoms with van der Waals surface area (Å²) in [6.45, 7) is 2.80. The lowest BCUT2D eigenvalue weighted by Crippen LogP contribution is -2.17. The number of halogens is 2. The average molecular weight is 270 g/mol. The largest absolute Gasteiger partial charge is 0.306 e. The summed E-state index contributed by atoms with van der Waals surface area (Å²) in [5.41, 5.74) is 2.25. The van der Waals surface area contributed by atoms with Crippen LogP contribution < -0.4 is 5.32 Å². The maximum atomic E-state index is 12.7. The van der Waals surface area contributed by atoms with Gasteiger partial charge in [-0.3, -0.25) is 0 Å². The van der Waals surface area contributed by atoms with Crippen molar-refractivity contribution in [3.63, 3.8) is 0 Å². The van der Waals surface area contributed by atoms with Crippen LogP contribution in [0.2, 0.25) is 4.34 Å². The molecule has 0 amide bonds. The molecular weight excluding hydrogens is 257 g/mol. The first-order chi connectivity index (χ1) is 8.15. The summed E-state index contributed by atoms with van der Waals surface area (Å²) in [5, 5.41) is 5.42. The van der Waals surface area contributed by atoms with Crippen molar-refractivity contribution in [2.75, 3.05) is 0 Å². The van der Waals surface area contributed by atoms with Crippen molar-refractivity contribution < 1.29 is 4.39 Å². The molecule has 90 valence electrons. The topological polar surface area (TPSA) is 12.0 Å². The van der Waals surface area contributed by atoms with E-state index in [2.05, 4.69) is 12.2 Å². The second-order valence-corrected chi connectivity index (χ2v) is 5.46. The lowest BCUT2D eigenvalue weighted by Gasteiger charge is -2.12. The van der Waals surface area contributed by atoms with Crippen LogP contribution in [0.3, 0.4) is 0 Å². The van der Waals surface area contributed by atoms with Gasteiger partial charge < -0.3 is 5.32 Å². The molecule has 17 heavy (non-hydrogen) atoms. The van der Waals surface area contributed by atoms with Gasteiger partial charge in [0.25, 0.3) is 0 Å². The molecule has 1 N–H and O–H groups in total. The number of hydrogen-bond acceptors (Lipinski definition) is 2. The van der Waals surface area contributed by atoms with Gasteiger partial charge in [-0.25, -0.2) is 4.39 Å². The van der Waals surface area contributed by atoms with Gasteiger partial charge in [0.1, 0.15) is 5.82 Å². The molecule has 1 aromatic carbocycles. The minimum Gasteiger partial charge on any atom is -0.306 e. The Hall–Kier alpha value is -0.900. The first-order valence-corrected chi connectivity index (χ1v) is 6.62. The molecule has 0 aliphatic heterocycles. The summed E-state index contributed by atoms with van der Waals surface area (Å²) in [6.07, 6.45) is 0. The van der Waals surface area contributed by atoms with Crippen molar-refractivity contribution in [3.8, 4) is 0 Å². The fraction of sp³-hybridized carbons (Fsp3) is 0.231. The first kappa shape index (κ1) is 12.6. The van der Waals surface area contributed by atoms with Crippen molar-refractivity contribution in [2.24, 2.45) is 0 Å². The maximum Gasteiger partial charge on any atom is 0.123 e. The van der Waals surface area contributed by atoms with Crippen molar-refractivity contribution in [1.82, 2.24) is 5.32 Å². The van der Waals surface area contributed by atoms with Gasteiger partial charge in [-0.1, -0.05) is 23.7 Å². The van der Waals surface area contributed by atoms with E-state index < -0.39 is 0 Å². The van der Waals surface area contributed by atoms with Gasteiger partial charge >= 0.3 is 0 Å². The summed E-state index contributed by atoms with van der Waals surface area (Å²) in [7, 11) is 0. The molecule has 1 aromatic heterocycles. The van der Waals surface area contributed by atoms with Gasteiger partial charge in [-0.15, -0.1) is 11.3 Å². The molecule has 0 saturated carbocycles. The zero-order valence-electron chi connectivity index (χ0n) is 9.41. The average Bonchev–Trinajstić information content (AvgIpc) is 2.75. The number of benzene rings is 1. The Morgan fingerprint density at radius 2 is 2.06 bits per heavy atom. The van der Waals surface area contributed by atoms with Crippen LogP contribution >= 0.6 is 22.9 Å². The molecule has 1 unspecified atom stereocenters. The van der Waals surface area contributed by atoms with E-state index in [1.54, 1.807) is 12.1 Å². The van der Waals surface area contributed by atoms with E-state index in [0.717, 1.165) is 16.4 Å². The molecule has 2 rings (SSSR count). The van der Waals surface area contributed by atoms with E-state index in [9.17, 15) is 4.39 Å². The highest BCUT2D eigenvalue weighted by Gasteiger charge is 2.06. The smallest absolute Gasteiger partial charge is 0.123 e. The third kappa shape index (κ3) is 3.53. The van der Waals surface area contributed by atoms with Gasteiger partial charge in [-0.2, -0.15) is 0 Å². The molecule has 0 spiro atoms. The fourth-order valence-electron chi connectivity index (χ4n) is 1.54. The molecule has 1 nitrogen and oxygen atoms in total. The minimum absolute atomic E-state index is 0.202. The second-order valence-electron chi connectivity index (χ2n) is 3.91. The van der Waals surface area contributed by atoms with E-state index in [0.29, 0.717) is 0 Å². The van der Waals surface area contributed by atoms with Crippen LogP contribution in [0.5, 0.6) is 0 Å². The van der Waals surface area contributed by atoms with E-state index >= 15 is 0 Å². The summed E-state index contributed by atoms with van der Waals surface area (Å²) >= 11 is 7.42. The molecular formula is C13H13ClFNS. The molecule has 0 aliphatic carbocycles. The summed E-state index contributed by atoms with van der Waals surface area (Å²) < 4.78 is 13.5. The van der Waals surface area contributed by atoms with E-state index in [1.807, 2.05) is 11.4 Å². The van der Waals surface area contributed by atoms with E-state index in [4.69, 9.17) is 11.6 Å². The first-order valence-electron chi connectivity index (χ1n) is 5.37. The Morgan fingerprint density at radius 1 is 1.35 bits per heavy atom. The molecule has 4 heteroatoms. The van der Waals surface area contributed by atoms with Gasteiger partial charge in [0.05, 0.1) is 4.34 Å². The zero-order valence-corrected chi connectivity index (χ0v) is 11.0.